The molecule has 1 unspecified atom stereocenters. The molecule has 1 N–H and O–H groups in total. The minimum absolute atomic E-state index is 0.0161. The summed E-state index contributed by atoms with van der Waals surface area (Å²) in [6.07, 6.45) is 5.84. The van der Waals surface area contributed by atoms with Gasteiger partial charge in [0.15, 0.2) is 0 Å². The normalized spacial score (nSPS) is 21.2. The lowest BCUT2D eigenvalue weighted by molar-refractivity contribution is -0.0497. The summed E-state index contributed by atoms with van der Waals surface area (Å²) in [5, 5.41) is 3.50. The fraction of sp³-hybridized carbons (Fsp3) is 0.667. The summed E-state index contributed by atoms with van der Waals surface area (Å²) in [4.78, 5) is 4.15. The minimum atomic E-state index is -2.46. The molecule has 0 bridgehead atoms. The molecule has 1 heterocycles. The Hall–Kier alpha value is -1.03. The van der Waals surface area contributed by atoms with Crippen LogP contribution in [0, 0.1) is 5.92 Å². The molecule has 0 spiro atoms. The van der Waals surface area contributed by atoms with Crippen LogP contribution in [0.15, 0.2) is 24.5 Å². The van der Waals surface area contributed by atoms with Gasteiger partial charge in [-0.1, -0.05) is 13.0 Å². The monoisotopic (exact) mass is 268 g/mol. The van der Waals surface area contributed by atoms with Gasteiger partial charge in [-0.05, 0) is 43.4 Å². The van der Waals surface area contributed by atoms with Gasteiger partial charge in [0.05, 0.1) is 0 Å². The van der Waals surface area contributed by atoms with Crippen molar-refractivity contribution in [1.29, 1.82) is 0 Å². The van der Waals surface area contributed by atoms with Gasteiger partial charge in [0.25, 0.3) is 0 Å². The maximum Gasteiger partial charge on any atom is 0.248 e. The number of halogens is 2. The zero-order valence-corrected chi connectivity index (χ0v) is 11.4. The molecule has 19 heavy (non-hydrogen) atoms. The second-order valence-corrected chi connectivity index (χ2v) is 5.41. The first-order valence-corrected chi connectivity index (χ1v) is 7.13. The first kappa shape index (κ1) is 14.4. The number of pyridine rings is 1. The molecule has 106 valence electrons. The topological polar surface area (TPSA) is 24.9 Å². The lowest BCUT2D eigenvalue weighted by atomic mass is 9.80. The van der Waals surface area contributed by atoms with Gasteiger partial charge in [0, 0.05) is 31.3 Å². The number of alkyl halides is 2. The van der Waals surface area contributed by atoms with Gasteiger partial charge in [-0.25, -0.2) is 8.78 Å². The molecule has 1 saturated carbocycles. The zero-order valence-electron chi connectivity index (χ0n) is 11.4. The Balaban J connectivity index is 2.06. The highest BCUT2D eigenvalue weighted by atomic mass is 19.3. The van der Waals surface area contributed by atoms with Crippen LogP contribution in [0.1, 0.15) is 50.6 Å². The Morgan fingerprint density at radius 3 is 2.74 bits per heavy atom. The van der Waals surface area contributed by atoms with E-state index >= 15 is 0 Å². The van der Waals surface area contributed by atoms with Crippen molar-refractivity contribution < 1.29 is 8.78 Å². The maximum atomic E-state index is 13.3. The molecule has 0 radical (unpaired) electrons. The minimum Gasteiger partial charge on any atom is -0.310 e. The van der Waals surface area contributed by atoms with Crippen molar-refractivity contribution in [1.82, 2.24) is 10.3 Å². The smallest absolute Gasteiger partial charge is 0.248 e. The standard InChI is InChI=1S/C15H22F2N2/c1-2-9-19-14(13-4-3-10-18-11-13)12-5-7-15(16,17)8-6-12/h3-4,10-12,14,19H,2,5-9H2,1H3. The van der Waals surface area contributed by atoms with E-state index in [0.717, 1.165) is 18.5 Å². The SMILES string of the molecule is CCCNC(c1cccnc1)C1CCC(F)(F)CC1. The van der Waals surface area contributed by atoms with Crippen LogP contribution in [0.4, 0.5) is 8.78 Å². The van der Waals surface area contributed by atoms with Crippen molar-refractivity contribution in [3.05, 3.63) is 30.1 Å². The van der Waals surface area contributed by atoms with Crippen molar-refractivity contribution >= 4 is 0 Å². The Labute approximate surface area is 113 Å². The predicted molar refractivity (Wildman–Crippen MR) is 72.2 cm³/mol. The van der Waals surface area contributed by atoms with Crippen LogP contribution in [0.5, 0.6) is 0 Å². The quantitative estimate of drug-likeness (QED) is 0.874. The maximum absolute atomic E-state index is 13.3. The van der Waals surface area contributed by atoms with Gasteiger partial charge in [-0.3, -0.25) is 4.98 Å². The van der Waals surface area contributed by atoms with E-state index in [0.29, 0.717) is 12.8 Å². The van der Waals surface area contributed by atoms with E-state index in [1.54, 1.807) is 6.20 Å². The molecule has 1 aromatic heterocycles. The summed E-state index contributed by atoms with van der Waals surface area (Å²) in [5.41, 5.74) is 1.12. The van der Waals surface area contributed by atoms with Crippen molar-refractivity contribution in [2.75, 3.05) is 6.54 Å². The Morgan fingerprint density at radius 1 is 1.42 bits per heavy atom. The second-order valence-electron chi connectivity index (χ2n) is 5.41. The lowest BCUT2D eigenvalue weighted by Gasteiger charge is -2.34. The largest absolute Gasteiger partial charge is 0.310 e. The van der Waals surface area contributed by atoms with Crippen molar-refractivity contribution in [2.24, 2.45) is 5.92 Å². The fourth-order valence-electron chi connectivity index (χ4n) is 2.81. The molecule has 0 aliphatic heterocycles. The van der Waals surface area contributed by atoms with Gasteiger partial charge >= 0.3 is 0 Å². The van der Waals surface area contributed by atoms with E-state index in [4.69, 9.17) is 0 Å². The second kappa shape index (κ2) is 6.42. The Kier molecular flexibility index (Phi) is 4.86. The highest BCUT2D eigenvalue weighted by Crippen LogP contribution is 2.41. The lowest BCUT2D eigenvalue weighted by Crippen LogP contribution is -2.34. The van der Waals surface area contributed by atoms with Gasteiger partial charge in [0.2, 0.25) is 5.92 Å². The predicted octanol–water partition coefficient (Wildman–Crippen LogP) is 3.95. The molecule has 0 saturated heterocycles. The molecular weight excluding hydrogens is 246 g/mol. The molecular formula is C15H22F2N2. The average molecular weight is 268 g/mol. The third kappa shape index (κ3) is 3.96. The fourth-order valence-corrected chi connectivity index (χ4v) is 2.81. The average Bonchev–Trinajstić information content (AvgIpc) is 2.42. The molecule has 2 nitrogen and oxygen atoms in total. The van der Waals surface area contributed by atoms with E-state index in [1.807, 2.05) is 18.3 Å². The zero-order chi connectivity index (χ0) is 13.7. The van der Waals surface area contributed by atoms with Gasteiger partial charge < -0.3 is 5.32 Å². The molecule has 1 aliphatic rings. The van der Waals surface area contributed by atoms with E-state index in [2.05, 4.69) is 17.2 Å². The molecule has 1 atom stereocenters. The van der Waals surface area contributed by atoms with E-state index < -0.39 is 5.92 Å². The van der Waals surface area contributed by atoms with Crippen LogP contribution in [0.3, 0.4) is 0 Å². The molecule has 2 rings (SSSR count). The number of rotatable bonds is 5. The van der Waals surface area contributed by atoms with Crippen LogP contribution in [0.25, 0.3) is 0 Å². The van der Waals surface area contributed by atoms with Gasteiger partial charge in [0.1, 0.15) is 0 Å². The van der Waals surface area contributed by atoms with E-state index in [9.17, 15) is 8.78 Å². The molecule has 0 amide bonds. The van der Waals surface area contributed by atoms with Crippen LogP contribution in [0.2, 0.25) is 0 Å². The summed E-state index contributed by atoms with van der Waals surface area (Å²) < 4.78 is 26.5. The molecule has 4 heteroatoms. The number of nitrogens with one attached hydrogen (secondary N) is 1. The summed E-state index contributed by atoms with van der Waals surface area (Å²) in [5.74, 6) is -2.17. The highest BCUT2D eigenvalue weighted by Gasteiger charge is 2.37. The van der Waals surface area contributed by atoms with Crippen molar-refractivity contribution in [3.8, 4) is 0 Å². The Morgan fingerprint density at radius 2 is 2.16 bits per heavy atom. The van der Waals surface area contributed by atoms with Gasteiger partial charge in [-0.2, -0.15) is 0 Å². The summed E-state index contributed by atoms with van der Waals surface area (Å²) in [7, 11) is 0. The summed E-state index contributed by atoms with van der Waals surface area (Å²) >= 11 is 0. The molecule has 1 aromatic rings. The number of hydrogen-bond acceptors (Lipinski definition) is 2. The molecule has 1 aliphatic carbocycles. The van der Waals surface area contributed by atoms with Crippen LogP contribution in [-0.2, 0) is 0 Å². The van der Waals surface area contributed by atoms with Gasteiger partial charge in [-0.15, -0.1) is 0 Å². The molecule has 0 aromatic carbocycles. The van der Waals surface area contributed by atoms with Crippen molar-refractivity contribution in [3.63, 3.8) is 0 Å². The molecule has 1 fully saturated rings. The first-order chi connectivity index (χ1) is 9.12. The third-order valence-electron chi connectivity index (χ3n) is 3.89. The first-order valence-electron chi connectivity index (χ1n) is 7.13. The van der Waals surface area contributed by atoms with Crippen LogP contribution < -0.4 is 5.32 Å². The summed E-state index contributed by atoms with van der Waals surface area (Å²) in [6.45, 7) is 3.02. The highest BCUT2D eigenvalue weighted by molar-refractivity contribution is 5.15. The van der Waals surface area contributed by atoms with E-state index in [-0.39, 0.29) is 24.8 Å². The third-order valence-corrected chi connectivity index (χ3v) is 3.89. The van der Waals surface area contributed by atoms with Crippen LogP contribution in [-0.4, -0.2) is 17.5 Å². The number of nitrogens with zero attached hydrogens (tertiary/aromatic N) is 1. The van der Waals surface area contributed by atoms with Crippen LogP contribution >= 0.6 is 0 Å². The van der Waals surface area contributed by atoms with E-state index in [1.165, 1.54) is 0 Å². The number of aromatic nitrogens is 1. The number of hydrogen-bond donors (Lipinski definition) is 1. The summed E-state index contributed by atoms with van der Waals surface area (Å²) in [6, 6.07) is 4.10. The Bertz CT molecular complexity index is 371. The van der Waals surface area contributed by atoms with Crippen molar-refractivity contribution in [2.45, 2.75) is 51.0 Å².